The predicted molar refractivity (Wildman–Crippen MR) is 33.6 cm³/mol. The van der Waals surface area contributed by atoms with Crippen LogP contribution in [0.3, 0.4) is 0 Å². The van der Waals surface area contributed by atoms with Gasteiger partial charge in [0.1, 0.15) is 6.17 Å². The minimum Gasteiger partial charge on any atom is -0.366 e. The van der Waals surface area contributed by atoms with Crippen LogP contribution < -0.4 is 10.6 Å². The summed E-state index contributed by atoms with van der Waals surface area (Å²) in [7, 11) is 1.75. The highest BCUT2D eigenvalue weighted by Gasteiger charge is 2.00. The first-order chi connectivity index (χ1) is 3.93. The first-order valence-electron chi connectivity index (χ1n) is 2.53. The molecule has 1 aliphatic rings. The molecule has 3 nitrogen and oxygen atoms in total. The van der Waals surface area contributed by atoms with E-state index in [2.05, 4.69) is 15.6 Å². The van der Waals surface area contributed by atoms with E-state index in [0.29, 0.717) is 0 Å². The molecular formula is C5H9N3. The molecule has 3 heteroatoms. The van der Waals surface area contributed by atoms with Gasteiger partial charge in [0.05, 0.1) is 0 Å². The molecule has 0 spiro atoms. The van der Waals surface area contributed by atoms with Crippen LogP contribution in [-0.4, -0.2) is 19.4 Å². The average molecular weight is 111 g/mol. The van der Waals surface area contributed by atoms with Gasteiger partial charge in [0, 0.05) is 25.7 Å². The topological polar surface area (TPSA) is 36.4 Å². The Bertz CT molecular complexity index is 109. The number of nitrogens with one attached hydrogen (secondary N) is 2. The van der Waals surface area contributed by atoms with Gasteiger partial charge < -0.3 is 10.6 Å². The maximum atomic E-state index is 3.83. The van der Waals surface area contributed by atoms with Crippen LogP contribution in [0.25, 0.3) is 0 Å². The molecule has 0 radical (unpaired) electrons. The molecule has 0 aromatic heterocycles. The molecule has 0 aromatic carbocycles. The van der Waals surface area contributed by atoms with Gasteiger partial charge in [-0.15, -0.1) is 0 Å². The van der Waals surface area contributed by atoms with Crippen LogP contribution in [-0.2, 0) is 0 Å². The van der Waals surface area contributed by atoms with Crippen molar-refractivity contribution in [2.24, 2.45) is 4.99 Å². The second-order valence-corrected chi connectivity index (χ2v) is 1.55. The molecule has 0 saturated heterocycles. The summed E-state index contributed by atoms with van der Waals surface area (Å²) in [6.07, 6.45) is 5.72. The highest BCUT2D eigenvalue weighted by molar-refractivity contribution is 5.64. The molecule has 0 fully saturated rings. The lowest BCUT2D eigenvalue weighted by Crippen LogP contribution is -2.31. The Balaban J connectivity index is 2.30. The average Bonchev–Trinajstić information content (AvgIpc) is 2.19. The van der Waals surface area contributed by atoms with Gasteiger partial charge in [-0.3, -0.25) is 4.99 Å². The molecule has 0 saturated carbocycles. The van der Waals surface area contributed by atoms with Gasteiger partial charge in [-0.1, -0.05) is 0 Å². The zero-order valence-electron chi connectivity index (χ0n) is 4.76. The van der Waals surface area contributed by atoms with Gasteiger partial charge in [-0.05, 0) is 0 Å². The third-order valence-corrected chi connectivity index (χ3v) is 0.933. The van der Waals surface area contributed by atoms with Crippen molar-refractivity contribution >= 4 is 6.21 Å². The van der Waals surface area contributed by atoms with Gasteiger partial charge in [-0.2, -0.15) is 0 Å². The zero-order chi connectivity index (χ0) is 5.82. The summed E-state index contributed by atoms with van der Waals surface area (Å²) in [5.41, 5.74) is 0. The molecule has 1 rings (SSSR count). The lowest BCUT2D eigenvalue weighted by molar-refractivity contribution is 0.735. The summed E-state index contributed by atoms with van der Waals surface area (Å²) in [6.45, 7) is 0. The first kappa shape index (κ1) is 5.15. The van der Waals surface area contributed by atoms with E-state index < -0.39 is 0 Å². The van der Waals surface area contributed by atoms with E-state index in [0.717, 1.165) is 0 Å². The Labute approximate surface area is 48.5 Å². The summed E-state index contributed by atoms with van der Waals surface area (Å²) in [5, 5.41) is 6.03. The SMILES string of the molecule is CN=CC1NC=CN1. The Morgan fingerprint density at radius 1 is 1.50 bits per heavy atom. The third kappa shape index (κ3) is 0.992. The molecule has 8 heavy (non-hydrogen) atoms. The van der Waals surface area contributed by atoms with Crippen LogP contribution in [0.2, 0.25) is 0 Å². The van der Waals surface area contributed by atoms with E-state index in [-0.39, 0.29) is 6.17 Å². The zero-order valence-corrected chi connectivity index (χ0v) is 4.76. The molecule has 1 aliphatic heterocycles. The lowest BCUT2D eigenvalue weighted by atomic mass is 10.6. The number of nitrogens with zero attached hydrogens (tertiary/aromatic N) is 1. The molecular weight excluding hydrogens is 102 g/mol. The molecule has 0 aromatic rings. The monoisotopic (exact) mass is 111 g/mol. The summed E-state index contributed by atoms with van der Waals surface area (Å²) in [4.78, 5) is 3.83. The fourth-order valence-electron chi connectivity index (χ4n) is 0.587. The fourth-order valence-corrected chi connectivity index (χ4v) is 0.587. The Morgan fingerprint density at radius 2 is 2.12 bits per heavy atom. The fraction of sp³-hybridized carbons (Fsp3) is 0.400. The highest BCUT2D eigenvalue weighted by atomic mass is 15.2. The Hall–Kier alpha value is -0.990. The summed E-state index contributed by atoms with van der Waals surface area (Å²) in [5.74, 6) is 0. The van der Waals surface area contributed by atoms with Gasteiger partial charge in [0.25, 0.3) is 0 Å². The minimum atomic E-state index is 0.208. The van der Waals surface area contributed by atoms with Crippen LogP contribution in [0.15, 0.2) is 17.4 Å². The molecule has 1 heterocycles. The molecule has 0 amide bonds. The van der Waals surface area contributed by atoms with Crippen molar-refractivity contribution in [3.8, 4) is 0 Å². The molecule has 0 bridgehead atoms. The molecule has 0 unspecified atom stereocenters. The van der Waals surface area contributed by atoms with Crippen molar-refractivity contribution in [1.82, 2.24) is 10.6 Å². The van der Waals surface area contributed by atoms with Crippen molar-refractivity contribution < 1.29 is 0 Å². The normalized spacial score (nSPS) is 19.1. The van der Waals surface area contributed by atoms with Crippen LogP contribution in [0.5, 0.6) is 0 Å². The molecule has 0 aliphatic carbocycles. The standard InChI is InChI=1S/C5H9N3/c1-6-4-5-7-2-3-8-5/h2-5,7-8H,1H3. The maximum absolute atomic E-state index is 3.83. The molecule has 0 atom stereocenters. The van der Waals surface area contributed by atoms with Crippen LogP contribution in [0.1, 0.15) is 0 Å². The van der Waals surface area contributed by atoms with Crippen LogP contribution in [0.4, 0.5) is 0 Å². The van der Waals surface area contributed by atoms with Crippen LogP contribution in [0, 0.1) is 0 Å². The largest absolute Gasteiger partial charge is 0.366 e. The van der Waals surface area contributed by atoms with Gasteiger partial charge in [0.15, 0.2) is 0 Å². The highest BCUT2D eigenvalue weighted by Crippen LogP contribution is 1.80. The number of hydrogen-bond acceptors (Lipinski definition) is 3. The quantitative estimate of drug-likeness (QED) is 0.455. The van der Waals surface area contributed by atoms with E-state index in [1.807, 2.05) is 12.4 Å². The van der Waals surface area contributed by atoms with Crippen molar-refractivity contribution in [3.63, 3.8) is 0 Å². The number of aliphatic imine (C=N–C) groups is 1. The van der Waals surface area contributed by atoms with Gasteiger partial charge >= 0.3 is 0 Å². The Kier molecular flexibility index (Phi) is 1.51. The van der Waals surface area contributed by atoms with Gasteiger partial charge in [0.2, 0.25) is 0 Å². The minimum absolute atomic E-state index is 0.208. The van der Waals surface area contributed by atoms with E-state index >= 15 is 0 Å². The van der Waals surface area contributed by atoms with E-state index in [1.165, 1.54) is 0 Å². The molecule has 2 N–H and O–H groups in total. The lowest BCUT2D eigenvalue weighted by Gasteiger charge is -2.02. The summed E-state index contributed by atoms with van der Waals surface area (Å²) < 4.78 is 0. The first-order valence-corrected chi connectivity index (χ1v) is 2.53. The van der Waals surface area contributed by atoms with Crippen molar-refractivity contribution in [2.75, 3.05) is 7.05 Å². The van der Waals surface area contributed by atoms with E-state index in [1.54, 1.807) is 13.3 Å². The number of rotatable bonds is 1. The third-order valence-electron chi connectivity index (χ3n) is 0.933. The smallest absolute Gasteiger partial charge is 0.132 e. The second-order valence-electron chi connectivity index (χ2n) is 1.55. The number of hydrogen-bond donors (Lipinski definition) is 2. The molecule has 44 valence electrons. The van der Waals surface area contributed by atoms with Crippen molar-refractivity contribution in [2.45, 2.75) is 6.17 Å². The second kappa shape index (κ2) is 2.35. The summed E-state index contributed by atoms with van der Waals surface area (Å²) >= 11 is 0. The maximum Gasteiger partial charge on any atom is 0.132 e. The van der Waals surface area contributed by atoms with Gasteiger partial charge in [-0.25, -0.2) is 0 Å². The van der Waals surface area contributed by atoms with Crippen molar-refractivity contribution in [1.29, 1.82) is 0 Å². The predicted octanol–water partition coefficient (Wildman–Crippen LogP) is -0.323. The van der Waals surface area contributed by atoms with E-state index in [9.17, 15) is 0 Å². The van der Waals surface area contributed by atoms with Crippen LogP contribution >= 0.6 is 0 Å². The summed E-state index contributed by atoms with van der Waals surface area (Å²) in [6, 6.07) is 0. The van der Waals surface area contributed by atoms with Crippen molar-refractivity contribution in [3.05, 3.63) is 12.4 Å². The van der Waals surface area contributed by atoms with E-state index in [4.69, 9.17) is 0 Å². The Morgan fingerprint density at radius 3 is 2.62 bits per heavy atom.